The molecule has 0 aliphatic heterocycles. The highest BCUT2D eigenvalue weighted by molar-refractivity contribution is 7.17. The van der Waals surface area contributed by atoms with Gasteiger partial charge in [-0.3, -0.25) is 9.59 Å². The SMILES string of the molecule is CCN(CC(=O)Nc1c(Cl)cccc1Cl)C(=O)c1sc(-c2ccccc2)cc1OC. The van der Waals surface area contributed by atoms with Crippen molar-refractivity contribution in [2.75, 3.05) is 25.5 Å². The summed E-state index contributed by atoms with van der Waals surface area (Å²) in [4.78, 5) is 28.5. The number of carbonyl (C=O) groups is 2. The van der Waals surface area contributed by atoms with Crippen molar-refractivity contribution in [1.29, 1.82) is 0 Å². The molecule has 0 saturated carbocycles. The van der Waals surface area contributed by atoms with Crippen molar-refractivity contribution in [2.24, 2.45) is 0 Å². The third kappa shape index (κ3) is 4.95. The summed E-state index contributed by atoms with van der Waals surface area (Å²) in [5.41, 5.74) is 1.32. The number of carbonyl (C=O) groups excluding carboxylic acids is 2. The Morgan fingerprint density at radius 1 is 1.07 bits per heavy atom. The molecule has 3 rings (SSSR count). The van der Waals surface area contributed by atoms with Crippen molar-refractivity contribution >= 4 is 52.0 Å². The minimum Gasteiger partial charge on any atom is -0.495 e. The second kappa shape index (κ2) is 9.98. The fraction of sp³-hybridized carbons (Fsp3) is 0.182. The predicted molar refractivity (Wildman–Crippen MR) is 123 cm³/mol. The quantitative estimate of drug-likeness (QED) is 0.480. The molecule has 0 aliphatic carbocycles. The van der Waals surface area contributed by atoms with Crippen molar-refractivity contribution in [2.45, 2.75) is 6.92 Å². The molecule has 1 N–H and O–H groups in total. The molecule has 0 atom stereocenters. The number of nitrogens with one attached hydrogen (secondary N) is 1. The van der Waals surface area contributed by atoms with Crippen LogP contribution in [-0.2, 0) is 4.79 Å². The molecule has 0 unspecified atom stereocenters. The number of ether oxygens (including phenoxy) is 1. The third-order valence-electron chi connectivity index (χ3n) is 4.40. The number of nitrogens with zero attached hydrogens (tertiary/aromatic N) is 1. The van der Waals surface area contributed by atoms with Gasteiger partial charge in [-0.15, -0.1) is 11.3 Å². The molecule has 0 radical (unpaired) electrons. The van der Waals surface area contributed by atoms with Gasteiger partial charge < -0.3 is 15.0 Å². The molecular formula is C22H20Cl2N2O3S. The Hall–Kier alpha value is -2.54. The lowest BCUT2D eigenvalue weighted by atomic mass is 10.2. The van der Waals surface area contributed by atoms with E-state index in [0.29, 0.717) is 32.9 Å². The summed E-state index contributed by atoms with van der Waals surface area (Å²) in [6.45, 7) is 2.02. The zero-order valence-corrected chi connectivity index (χ0v) is 18.8. The van der Waals surface area contributed by atoms with Gasteiger partial charge in [-0.25, -0.2) is 0 Å². The first-order valence-electron chi connectivity index (χ1n) is 9.21. The van der Waals surface area contributed by atoms with Gasteiger partial charge in [-0.2, -0.15) is 0 Å². The van der Waals surface area contributed by atoms with Gasteiger partial charge >= 0.3 is 0 Å². The van der Waals surface area contributed by atoms with Crippen LogP contribution in [0.4, 0.5) is 5.69 Å². The Morgan fingerprint density at radius 3 is 2.33 bits per heavy atom. The standard InChI is InChI=1S/C22H20Cl2N2O3S/c1-3-26(13-19(27)25-20-15(23)10-7-11-16(20)24)22(28)21-17(29-2)12-18(30-21)14-8-5-4-6-9-14/h4-12H,3,13H2,1-2H3,(H,25,27). The molecule has 0 saturated heterocycles. The molecule has 3 aromatic rings. The van der Waals surface area contributed by atoms with Crippen LogP contribution in [-0.4, -0.2) is 36.9 Å². The number of rotatable bonds is 7. The summed E-state index contributed by atoms with van der Waals surface area (Å²) in [6, 6.07) is 16.5. The van der Waals surface area contributed by atoms with E-state index in [9.17, 15) is 9.59 Å². The van der Waals surface area contributed by atoms with Crippen LogP contribution < -0.4 is 10.1 Å². The van der Waals surface area contributed by atoms with E-state index < -0.39 is 0 Å². The van der Waals surface area contributed by atoms with E-state index in [1.54, 1.807) is 18.2 Å². The topological polar surface area (TPSA) is 58.6 Å². The number of likely N-dealkylation sites (N-methyl/N-ethyl adjacent to an activating group) is 1. The molecule has 8 heteroatoms. The second-order valence-electron chi connectivity index (χ2n) is 6.34. The normalized spacial score (nSPS) is 10.5. The summed E-state index contributed by atoms with van der Waals surface area (Å²) in [6.07, 6.45) is 0. The maximum atomic E-state index is 13.1. The molecule has 0 spiro atoms. The summed E-state index contributed by atoms with van der Waals surface area (Å²) < 4.78 is 5.42. The van der Waals surface area contributed by atoms with E-state index in [4.69, 9.17) is 27.9 Å². The predicted octanol–water partition coefficient (Wildman–Crippen LogP) is 5.83. The third-order valence-corrected chi connectivity index (χ3v) is 6.18. The molecule has 1 aromatic heterocycles. The van der Waals surface area contributed by atoms with Gasteiger partial charge in [0, 0.05) is 11.4 Å². The highest BCUT2D eigenvalue weighted by Gasteiger charge is 2.24. The number of methoxy groups -OCH3 is 1. The molecule has 0 fully saturated rings. The zero-order valence-electron chi connectivity index (χ0n) is 16.4. The molecule has 156 valence electrons. The fourth-order valence-electron chi connectivity index (χ4n) is 2.86. The first kappa shape index (κ1) is 22.2. The van der Waals surface area contributed by atoms with Gasteiger partial charge in [0.05, 0.1) is 22.8 Å². The Bertz CT molecular complexity index is 1030. The summed E-state index contributed by atoms with van der Waals surface area (Å²) in [5, 5.41) is 3.35. The van der Waals surface area contributed by atoms with Crippen molar-refractivity contribution in [3.05, 3.63) is 69.5 Å². The lowest BCUT2D eigenvalue weighted by Gasteiger charge is -2.20. The van der Waals surface area contributed by atoms with E-state index >= 15 is 0 Å². The van der Waals surface area contributed by atoms with Crippen molar-refractivity contribution < 1.29 is 14.3 Å². The first-order valence-corrected chi connectivity index (χ1v) is 10.8. The molecule has 0 aliphatic rings. The zero-order chi connectivity index (χ0) is 21.7. The summed E-state index contributed by atoms with van der Waals surface area (Å²) >= 11 is 13.6. The first-order chi connectivity index (χ1) is 14.4. The Labute approximate surface area is 189 Å². The smallest absolute Gasteiger partial charge is 0.268 e. The number of halogens is 2. The molecular weight excluding hydrogens is 443 g/mol. The highest BCUT2D eigenvalue weighted by atomic mass is 35.5. The molecule has 30 heavy (non-hydrogen) atoms. The summed E-state index contributed by atoms with van der Waals surface area (Å²) in [5.74, 6) is -0.183. The fourth-order valence-corrected chi connectivity index (χ4v) is 4.45. The van der Waals surface area contributed by atoms with E-state index in [-0.39, 0.29) is 18.4 Å². The van der Waals surface area contributed by atoms with Crippen molar-refractivity contribution in [3.63, 3.8) is 0 Å². The number of para-hydroxylation sites is 1. The largest absolute Gasteiger partial charge is 0.495 e. The number of hydrogen-bond acceptors (Lipinski definition) is 4. The second-order valence-corrected chi connectivity index (χ2v) is 8.20. The lowest BCUT2D eigenvalue weighted by molar-refractivity contribution is -0.116. The lowest BCUT2D eigenvalue weighted by Crippen LogP contribution is -2.37. The van der Waals surface area contributed by atoms with Crippen LogP contribution in [0.15, 0.2) is 54.6 Å². The van der Waals surface area contributed by atoms with Gasteiger partial charge in [0.2, 0.25) is 5.91 Å². The van der Waals surface area contributed by atoms with Crippen LogP contribution in [0.3, 0.4) is 0 Å². The minimum absolute atomic E-state index is 0.140. The Balaban J connectivity index is 1.79. The number of anilines is 1. The van der Waals surface area contributed by atoms with E-state index in [1.807, 2.05) is 43.3 Å². The number of amides is 2. The highest BCUT2D eigenvalue weighted by Crippen LogP contribution is 2.37. The number of thiophene rings is 1. The van der Waals surface area contributed by atoms with Gasteiger partial charge in [-0.05, 0) is 30.7 Å². The van der Waals surface area contributed by atoms with Crippen LogP contribution in [0.25, 0.3) is 10.4 Å². The van der Waals surface area contributed by atoms with Gasteiger partial charge in [0.25, 0.3) is 5.91 Å². The van der Waals surface area contributed by atoms with E-state index in [1.165, 1.54) is 23.3 Å². The van der Waals surface area contributed by atoms with Gasteiger partial charge in [0.15, 0.2) is 0 Å². The van der Waals surface area contributed by atoms with E-state index in [2.05, 4.69) is 5.32 Å². The van der Waals surface area contributed by atoms with Crippen LogP contribution >= 0.6 is 34.5 Å². The average molecular weight is 463 g/mol. The molecule has 5 nitrogen and oxygen atoms in total. The van der Waals surface area contributed by atoms with Crippen molar-refractivity contribution in [3.8, 4) is 16.2 Å². The monoisotopic (exact) mass is 462 g/mol. The van der Waals surface area contributed by atoms with Crippen LogP contribution in [0.2, 0.25) is 10.0 Å². The maximum Gasteiger partial charge on any atom is 0.268 e. The Morgan fingerprint density at radius 2 is 1.73 bits per heavy atom. The molecule has 1 heterocycles. The van der Waals surface area contributed by atoms with Gasteiger partial charge in [-0.1, -0.05) is 59.6 Å². The van der Waals surface area contributed by atoms with Crippen LogP contribution in [0, 0.1) is 0 Å². The average Bonchev–Trinajstić information content (AvgIpc) is 3.19. The van der Waals surface area contributed by atoms with E-state index in [0.717, 1.165) is 10.4 Å². The number of benzene rings is 2. The maximum absolute atomic E-state index is 13.1. The Kier molecular flexibility index (Phi) is 7.37. The molecule has 2 amide bonds. The summed E-state index contributed by atoms with van der Waals surface area (Å²) in [7, 11) is 1.52. The minimum atomic E-state index is -0.390. The van der Waals surface area contributed by atoms with Gasteiger partial charge in [0.1, 0.15) is 17.2 Å². The van der Waals surface area contributed by atoms with Crippen LogP contribution in [0.1, 0.15) is 16.6 Å². The molecule has 2 aromatic carbocycles. The molecule has 0 bridgehead atoms. The number of hydrogen-bond donors (Lipinski definition) is 1. The van der Waals surface area contributed by atoms with Crippen LogP contribution in [0.5, 0.6) is 5.75 Å². The van der Waals surface area contributed by atoms with Crippen molar-refractivity contribution in [1.82, 2.24) is 4.90 Å².